The lowest BCUT2D eigenvalue weighted by molar-refractivity contribution is 0.924. The summed E-state index contributed by atoms with van der Waals surface area (Å²) in [6.45, 7) is 8.01. The first-order valence-electron chi connectivity index (χ1n) is 2.41. The highest BCUT2D eigenvalue weighted by atomic mass is 28.3. The lowest BCUT2D eigenvalue weighted by atomic mass is 10.5. The zero-order chi connectivity index (χ0) is 4.62. The van der Waals surface area contributed by atoms with Gasteiger partial charge in [0, 0.05) is 0 Å². The van der Waals surface area contributed by atoms with E-state index >= 15 is 0 Å². The molecule has 36 valence electrons. The highest BCUT2D eigenvalue weighted by Gasteiger charge is 2.11. The third-order valence-corrected chi connectivity index (χ3v) is 4.24. The van der Waals surface area contributed by atoms with Crippen LogP contribution in [0, 0.1) is 13.1 Å². The Kier molecular flexibility index (Phi) is 0.797. The summed E-state index contributed by atoms with van der Waals surface area (Å²) in [7, 11) is -0.951. The summed E-state index contributed by atoms with van der Waals surface area (Å²) in [4.78, 5) is 0. The summed E-state index contributed by atoms with van der Waals surface area (Å²) < 4.78 is 0. The van der Waals surface area contributed by atoms with Crippen LogP contribution in [-0.2, 0) is 0 Å². The van der Waals surface area contributed by atoms with Crippen LogP contribution >= 0.6 is 0 Å². The summed E-state index contributed by atoms with van der Waals surface area (Å²) in [6.07, 6.45) is 1.40. The molecule has 0 saturated carbocycles. The minimum Gasteiger partial charge on any atom is -0.366 e. The van der Waals surface area contributed by atoms with Crippen LogP contribution in [0.2, 0.25) is 12.1 Å². The molecule has 1 fully saturated rings. The maximum atomic E-state index is 4.00. The van der Waals surface area contributed by atoms with Gasteiger partial charge in [-0.1, -0.05) is 6.42 Å². The molecule has 1 heteroatoms. The van der Waals surface area contributed by atoms with Gasteiger partial charge in [0.15, 0.2) is 0 Å². The van der Waals surface area contributed by atoms with E-state index in [-0.39, 0.29) is 0 Å². The van der Waals surface area contributed by atoms with E-state index in [0.717, 1.165) is 0 Å². The fraction of sp³-hybridized carbons (Fsp3) is 0.600. The standard InChI is InChI=1S/C5H10Si/c1-6(2)4-3-5-6/h1-5H2/q-2. The van der Waals surface area contributed by atoms with Crippen molar-refractivity contribution < 1.29 is 0 Å². The maximum Gasteiger partial charge on any atom is -0.0674 e. The van der Waals surface area contributed by atoms with Crippen LogP contribution in [0.3, 0.4) is 0 Å². The normalized spacial score (nSPS) is 29.0. The molecular formula is C5H10Si-2. The smallest absolute Gasteiger partial charge is 0.0674 e. The molecule has 0 N–H and O–H groups in total. The van der Waals surface area contributed by atoms with E-state index < -0.39 is 8.07 Å². The largest absolute Gasteiger partial charge is 0.366 e. The van der Waals surface area contributed by atoms with Gasteiger partial charge in [-0.05, 0) is 0 Å². The second kappa shape index (κ2) is 1.09. The van der Waals surface area contributed by atoms with E-state index in [2.05, 4.69) is 13.1 Å². The van der Waals surface area contributed by atoms with Gasteiger partial charge in [-0.3, -0.25) is 0 Å². The van der Waals surface area contributed by atoms with Crippen molar-refractivity contribution in [3.8, 4) is 0 Å². The molecule has 0 atom stereocenters. The zero-order valence-electron chi connectivity index (χ0n) is 4.04. The molecule has 0 bridgehead atoms. The van der Waals surface area contributed by atoms with Gasteiger partial charge in [0.2, 0.25) is 0 Å². The van der Waals surface area contributed by atoms with Crippen LogP contribution in [-0.4, -0.2) is 8.07 Å². The van der Waals surface area contributed by atoms with Gasteiger partial charge >= 0.3 is 0 Å². The Morgan fingerprint density at radius 1 is 1.17 bits per heavy atom. The fourth-order valence-electron chi connectivity index (χ4n) is 0.677. The van der Waals surface area contributed by atoms with Crippen molar-refractivity contribution in [1.82, 2.24) is 0 Å². The predicted octanol–water partition coefficient (Wildman–Crippen LogP) is 1.59. The van der Waals surface area contributed by atoms with E-state index in [9.17, 15) is 0 Å². The van der Waals surface area contributed by atoms with Gasteiger partial charge in [-0.25, -0.2) is 8.07 Å². The average Bonchev–Trinajstić information content (AvgIpc) is 1.32. The van der Waals surface area contributed by atoms with Crippen LogP contribution in [0.25, 0.3) is 0 Å². The summed E-state index contributed by atoms with van der Waals surface area (Å²) in [5.74, 6) is 0. The van der Waals surface area contributed by atoms with Crippen LogP contribution in [0.1, 0.15) is 6.42 Å². The lowest BCUT2D eigenvalue weighted by Gasteiger charge is -2.48. The molecule has 0 radical (unpaired) electrons. The molecule has 0 aliphatic carbocycles. The lowest BCUT2D eigenvalue weighted by Crippen LogP contribution is -2.34. The highest BCUT2D eigenvalue weighted by molar-refractivity contribution is 6.85. The topological polar surface area (TPSA) is 0 Å². The Labute approximate surface area is 40.6 Å². The van der Waals surface area contributed by atoms with Crippen LogP contribution in [0.15, 0.2) is 0 Å². The molecule has 0 amide bonds. The number of hydrogen-bond donors (Lipinski definition) is 0. The van der Waals surface area contributed by atoms with Gasteiger partial charge in [0.05, 0.1) is 0 Å². The van der Waals surface area contributed by atoms with E-state index in [0.29, 0.717) is 0 Å². The van der Waals surface area contributed by atoms with Gasteiger partial charge in [0.25, 0.3) is 0 Å². The van der Waals surface area contributed by atoms with Crippen molar-refractivity contribution in [2.75, 3.05) is 0 Å². The molecule has 1 aliphatic rings. The maximum absolute atomic E-state index is 4.00. The van der Waals surface area contributed by atoms with Crippen LogP contribution in [0.5, 0.6) is 0 Å². The van der Waals surface area contributed by atoms with Crippen LogP contribution < -0.4 is 0 Å². The third kappa shape index (κ3) is 0.646. The monoisotopic (exact) mass is 98.1 g/mol. The molecule has 1 aliphatic heterocycles. The Balaban J connectivity index is 2.31. The molecule has 0 nitrogen and oxygen atoms in total. The van der Waals surface area contributed by atoms with Crippen molar-refractivity contribution in [2.45, 2.75) is 18.5 Å². The molecular weight excluding hydrogens is 88.1 g/mol. The van der Waals surface area contributed by atoms with E-state index in [1.54, 1.807) is 0 Å². The Hall–Kier alpha value is 0.217. The van der Waals surface area contributed by atoms with Crippen molar-refractivity contribution in [3.63, 3.8) is 0 Å². The van der Waals surface area contributed by atoms with E-state index in [1.807, 2.05) is 0 Å². The summed E-state index contributed by atoms with van der Waals surface area (Å²) in [5, 5.41) is 0. The summed E-state index contributed by atoms with van der Waals surface area (Å²) in [6, 6.07) is 2.74. The highest BCUT2D eigenvalue weighted by Crippen LogP contribution is 2.29. The fourth-order valence-corrected chi connectivity index (χ4v) is 2.03. The molecule has 0 spiro atoms. The van der Waals surface area contributed by atoms with Gasteiger partial charge in [-0.15, -0.1) is 12.1 Å². The Bertz CT molecular complexity index is 51.0. The number of hydrogen-bond acceptors (Lipinski definition) is 0. The molecule has 0 unspecified atom stereocenters. The van der Waals surface area contributed by atoms with Crippen molar-refractivity contribution in [3.05, 3.63) is 13.1 Å². The zero-order valence-corrected chi connectivity index (χ0v) is 5.04. The molecule has 1 saturated heterocycles. The van der Waals surface area contributed by atoms with Crippen molar-refractivity contribution in [2.24, 2.45) is 0 Å². The second-order valence-electron chi connectivity index (χ2n) is 2.35. The summed E-state index contributed by atoms with van der Waals surface area (Å²) in [5.41, 5.74) is 0. The van der Waals surface area contributed by atoms with Crippen LogP contribution in [0.4, 0.5) is 0 Å². The minimum absolute atomic E-state index is 0.951. The third-order valence-electron chi connectivity index (χ3n) is 1.41. The molecule has 0 aromatic rings. The van der Waals surface area contributed by atoms with Crippen molar-refractivity contribution >= 4 is 8.07 Å². The first kappa shape index (κ1) is 4.38. The minimum atomic E-state index is -0.951. The van der Waals surface area contributed by atoms with Crippen molar-refractivity contribution in [1.29, 1.82) is 0 Å². The van der Waals surface area contributed by atoms with E-state index in [1.165, 1.54) is 18.5 Å². The number of rotatable bonds is 0. The van der Waals surface area contributed by atoms with Gasteiger partial charge in [-0.2, -0.15) is 0 Å². The Morgan fingerprint density at radius 2 is 1.50 bits per heavy atom. The molecule has 6 heavy (non-hydrogen) atoms. The van der Waals surface area contributed by atoms with Gasteiger partial charge < -0.3 is 13.1 Å². The molecule has 0 aromatic carbocycles. The quantitative estimate of drug-likeness (QED) is 0.319. The summed E-state index contributed by atoms with van der Waals surface area (Å²) >= 11 is 0. The molecule has 0 aromatic heterocycles. The SMILES string of the molecule is [CH2-][Si]1([CH2-])CCC1. The van der Waals surface area contributed by atoms with E-state index in [4.69, 9.17) is 0 Å². The predicted molar refractivity (Wildman–Crippen MR) is 30.7 cm³/mol. The first-order valence-corrected chi connectivity index (χ1v) is 5.24. The second-order valence-corrected chi connectivity index (χ2v) is 6.35. The Morgan fingerprint density at radius 3 is 1.50 bits per heavy atom. The first-order chi connectivity index (χ1) is 2.71. The molecule has 1 rings (SSSR count). The van der Waals surface area contributed by atoms with Gasteiger partial charge in [0.1, 0.15) is 0 Å². The molecule has 1 heterocycles. The average molecular weight is 98.2 g/mol.